The lowest BCUT2D eigenvalue weighted by Gasteiger charge is -2.47. The van der Waals surface area contributed by atoms with E-state index in [1.807, 2.05) is 60.7 Å². The van der Waals surface area contributed by atoms with Crippen LogP contribution in [0.2, 0.25) is 15.1 Å². The van der Waals surface area contributed by atoms with Crippen molar-refractivity contribution >= 4 is 34.8 Å². The maximum absolute atomic E-state index is 6.48. The van der Waals surface area contributed by atoms with Gasteiger partial charge >= 0.3 is 0 Å². The third-order valence-corrected chi connectivity index (χ3v) is 7.22. The Morgan fingerprint density at radius 2 is 0.778 bits per heavy atom. The van der Waals surface area contributed by atoms with Crippen molar-refractivity contribution in [3.63, 3.8) is 0 Å². The van der Waals surface area contributed by atoms with Crippen molar-refractivity contribution in [2.24, 2.45) is 0 Å². The van der Waals surface area contributed by atoms with Gasteiger partial charge in [0, 0.05) is 31.8 Å². The van der Waals surface area contributed by atoms with E-state index in [-0.39, 0.29) is 12.2 Å². The third-order valence-electron chi connectivity index (χ3n) is 6.47. The molecule has 188 valence electrons. The second-order valence-corrected chi connectivity index (χ2v) is 10.2. The second kappa shape index (κ2) is 10.6. The Bertz CT molecular complexity index is 1170. The second-order valence-electron chi connectivity index (χ2n) is 8.87. The molecular formula is C27H23Cl3O6. The van der Waals surface area contributed by atoms with Crippen LogP contribution in [0.4, 0.5) is 0 Å². The maximum Gasteiger partial charge on any atom is 0.184 e. The van der Waals surface area contributed by atoms with Crippen molar-refractivity contribution in [2.75, 3.05) is 13.2 Å². The van der Waals surface area contributed by atoms with E-state index in [0.717, 1.165) is 16.7 Å². The minimum absolute atomic E-state index is 0.329. The Balaban J connectivity index is 1.25. The number of fused-ring (bicyclic) bond motifs is 1. The summed E-state index contributed by atoms with van der Waals surface area (Å²) < 4.78 is 37.5. The van der Waals surface area contributed by atoms with Crippen molar-refractivity contribution < 1.29 is 28.4 Å². The van der Waals surface area contributed by atoms with Gasteiger partial charge in [0.15, 0.2) is 18.9 Å². The first-order valence-electron chi connectivity index (χ1n) is 11.6. The van der Waals surface area contributed by atoms with Crippen LogP contribution >= 0.6 is 34.8 Å². The van der Waals surface area contributed by atoms with Gasteiger partial charge in [0.05, 0.1) is 13.2 Å². The number of benzene rings is 3. The van der Waals surface area contributed by atoms with Gasteiger partial charge in [-0.3, -0.25) is 0 Å². The average Bonchev–Trinajstić information content (AvgIpc) is 3.39. The topological polar surface area (TPSA) is 55.4 Å². The molecule has 36 heavy (non-hydrogen) atoms. The van der Waals surface area contributed by atoms with Crippen molar-refractivity contribution in [1.29, 1.82) is 0 Å². The van der Waals surface area contributed by atoms with Crippen LogP contribution in [0.1, 0.15) is 35.6 Å². The van der Waals surface area contributed by atoms with Crippen LogP contribution in [0, 0.1) is 0 Å². The molecule has 0 aliphatic carbocycles. The first-order chi connectivity index (χ1) is 17.5. The van der Waals surface area contributed by atoms with Crippen LogP contribution < -0.4 is 0 Å². The normalized spacial score (nSPS) is 32.2. The summed E-state index contributed by atoms with van der Waals surface area (Å²) in [5, 5.41) is 1.93. The van der Waals surface area contributed by atoms with Crippen LogP contribution in [0.25, 0.3) is 0 Å². The highest BCUT2D eigenvalue weighted by Crippen LogP contribution is 2.42. The molecule has 3 unspecified atom stereocenters. The smallest absolute Gasteiger partial charge is 0.184 e. The zero-order valence-electron chi connectivity index (χ0n) is 19.0. The van der Waals surface area contributed by atoms with Gasteiger partial charge in [-0.25, -0.2) is 0 Å². The molecule has 3 aromatic rings. The average molecular weight is 550 g/mol. The monoisotopic (exact) mass is 548 g/mol. The van der Waals surface area contributed by atoms with Gasteiger partial charge in [0.25, 0.3) is 0 Å². The van der Waals surface area contributed by atoms with E-state index in [0.29, 0.717) is 28.3 Å². The van der Waals surface area contributed by atoms with Crippen molar-refractivity contribution in [2.45, 2.75) is 43.3 Å². The summed E-state index contributed by atoms with van der Waals surface area (Å²) >= 11 is 18.2. The first kappa shape index (κ1) is 24.6. The summed E-state index contributed by atoms with van der Waals surface area (Å²) in [6.07, 6.45) is -3.42. The molecule has 3 aliphatic heterocycles. The fraction of sp³-hybridized carbons (Fsp3) is 0.333. The molecule has 0 amide bonds. The predicted octanol–water partition coefficient (Wildman–Crippen LogP) is 6.66. The molecule has 0 N–H and O–H groups in total. The lowest BCUT2D eigenvalue weighted by atomic mass is 9.99. The zero-order valence-corrected chi connectivity index (χ0v) is 21.2. The number of rotatable bonds is 4. The van der Waals surface area contributed by atoms with Gasteiger partial charge in [0.2, 0.25) is 0 Å². The lowest BCUT2D eigenvalue weighted by molar-refractivity contribution is -0.373. The van der Waals surface area contributed by atoms with E-state index < -0.39 is 31.1 Å². The summed E-state index contributed by atoms with van der Waals surface area (Å²) in [5.74, 6) is 0. The number of hydrogen-bond acceptors (Lipinski definition) is 6. The summed E-state index contributed by atoms with van der Waals surface area (Å²) in [4.78, 5) is 0. The predicted molar refractivity (Wildman–Crippen MR) is 134 cm³/mol. The van der Waals surface area contributed by atoms with Gasteiger partial charge in [-0.1, -0.05) is 71.2 Å². The van der Waals surface area contributed by atoms with E-state index in [2.05, 4.69) is 0 Å². The van der Waals surface area contributed by atoms with Gasteiger partial charge in [-0.05, 0) is 36.4 Å². The number of ether oxygens (including phenoxy) is 6. The molecule has 9 heteroatoms. The molecule has 0 aromatic heterocycles. The fourth-order valence-corrected chi connectivity index (χ4v) is 5.00. The van der Waals surface area contributed by atoms with Gasteiger partial charge < -0.3 is 28.4 Å². The van der Waals surface area contributed by atoms with E-state index in [4.69, 9.17) is 63.2 Å². The molecule has 3 aromatic carbocycles. The number of halogens is 3. The summed E-state index contributed by atoms with van der Waals surface area (Å²) in [6, 6.07) is 22.2. The minimum Gasteiger partial charge on any atom is -0.346 e. The quantitative estimate of drug-likeness (QED) is 0.363. The van der Waals surface area contributed by atoms with Gasteiger partial charge in [-0.15, -0.1) is 0 Å². The summed E-state index contributed by atoms with van der Waals surface area (Å²) in [6.45, 7) is 0.667. The summed E-state index contributed by atoms with van der Waals surface area (Å²) in [7, 11) is 0. The van der Waals surface area contributed by atoms with Gasteiger partial charge in [-0.2, -0.15) is 0 Å². The Morgan fingerprint density at radius 1 is 0.444 bits per heavy atom. The number of hydrogen-bond donors (Lipinski definition) is 0. The Morgan fingerprint density at radius 3 is 1.22 bits per heavy atom. The molecule has 7 atom stereocenters. The van der Waals surface area contributed by atoms with Crippen molar-refractivity contribution in [3.05, 3.63) is 105 Å². The lowest BCUT2D eigenvalue weighted by Crippen LogP contribution is -2.58. The van der Waals surface area contributed by atoms with E-state index >= 15 is 0 Å². The standard InChI is InChI=1S/C27H23Cl3O6/c28-18-7-1-15(2-8-18)25-31-13-21(33-25)24-23-22(34-27(36-24)17-5-11-20(30)12-6-17)14-32-26(35-23)16-3-9-19(29)10-4-16/h1-12,21-27H,13-14H2/t21-,22+,23+,24+,25?,26?,27?/m0/s1. The van der Waals surface area contributed by atoms with Crippen molar-refractivity contribution in [3.8, 4) is 0 Å². The summed E-state index contributed by atoms with van der Waals surface area (Å²) in [5.41, 5.74) is 2.58. The Kier molecular flexibility index (Phi) is 7.23. The van der Waals surface area contributed by atoms with Gasteiger partial charge in [0.1, 0.15) is 24.4 Å². The van der Waals surface area contributed by atoms with Crippen LogP contribution in [0.5, 0.6) is 0 Å². The molecule has 6 rings (SSSR count). The highest BCUT2D eigenvalue weighted by atomic mass is 35.5. The fourth-order valence-electron chi connectivity index (χ4n) is 4.62. The Labute approximate surface area is 223 Å². The molecule has 0 spiro atoms. The molecule has 3 fully saturated rings. The van der Waals surface area contributed by atoms with Crippen LogP contribution in [0.15, 0.2) is 72.8 Å². The molecule has 6 nitrogen and oxygen atoms in total. The highest BCUT2D eigenvalue weighted by Gasteiger charge is 2.50. The largest absolute Gasteiger partial charge is 0.346 e. The zero-order chi connectivity index (χ0) is 24.6. The molecule has 3 heterocycles. The molecule has 0 bridgehead atoms. The molecule has 0 saturated carbocycles. The first-order valence-corrected chi connectivity index (χ1v) is 12.8. The van der Waals surface area contributed by atoms with E-state index in [1.54, 1.807) is 12.1 Å². The van der Waals surface area contributed by atoms with E-state index in [9.17, 15) is 0 Å². The minimum atomic E-state index is -0.633. The van der Waals surface area contributed by atoms with Crippen LogP contribution in [-0.2, 0) is 28.4 Å². The third kappa shape index (κ3) is 5.16. The van der Waals surface area contributed by atoms with Crippen LogP contribution in [-0.4, -0.2) is 37.6 Å². The Hall–Kier alpha value is -1.71. The van der Waals surface area contributed by atoms with Crippen molar-refractivity contribution in [1.82, 2.24) is 0 Å². The molecular weight excluding hydrogens is 527 g/mol. The molecule has 3 aliphatic rings. The molecule has 3 saturated heterocycles. The maximum atomic E-state index is 6.48. The van der Waals surface area contributed by atoms with Crippen LogP contribution in [0.3, 0.4) is 0 Å². The molecule has 0 radical (unpaired) electrons. The SMILES string of the molecule is Clc1ccc(C2OC[C@H]3OC(c4ccc(Cl)cc4)O[C@H]([C@@H]4COC(c5ccc(Cl)cc5)O4)[C@@H]3O2)cc1. The highest BCUT2D eigenvalue weighted by molar-refractivity contribution is 6.31. The van der Waals surface area contributed by atoms with E-state index in [1.165, 1.54) is 0 Å².